The smallest absolute Gasteiger partial charge is 0.252 e. The monoisotopic (exact) mass is 395 g/mol. The first kappa shape index (κ1) is 21.0. The largest absolute Gasteiger partial charge is 0.379 e. The second kappa shape index (κ2) is 9.67. The summed E-state index contributed by atoms with van der Waals surface area (Å²) in [7, 11) is 0. The molecular formula is C23H29N3O3. The molecule has 1 saturated heterocycles. The van der Waals surface area contributed by atoms with Gasteiger partial charge >= 0.3 is 0 Å². The Morgan fingerprint density at radius 2 is 1.59 bits per heavy atom. The zero-order valence-electron chi connectivity index (χ0n) is 17.1. The van der Waals surface area contributed by atoms with E-state index in [-0.39, 0.29) is 17.4 Å². The van der Waals surface area contributed by atoms with E-state index in [9.17, 15) is 9.59 Å². The van der Waals surface area contributed by atoms with E-state index in [1.165, 1.54) is 0 Å². The average Bonchev–Trinajstić information content (AvgIpc) is 2.77. The molecule has 1 fully saturated rings. The number of morpholine rings is 1. The van der Waals surface area contributed by atoms with Gasteiger partial charge in [0.15, 0.2) is 0 Å². The fraction of sp³-hybridized carbons (Fsp3) is 0.391. The minimum atomic E-state index is -0.760. The first-order valence-electron chi connectivity index (χ1n) is 9.99. The third kappa shape index (κ3) is 5.65. The standard InChI is InChI=1S/C23H29N3O3/c1-23(2,26-13-15-29-16-14-26)17-24-22(28)20(18-9-5-3-6-10-18)25-21(27)19-11-7-4-8-12-19/h3-12,20H,13-17H2,1-2H3,(H,24,28)(H,25,27). The minimum absolute atomic E-state index is 0.204. The van der Waals surface area contributed by atoms with E-state index in [0.717, 1.165) is 18.7 Å². The number of carbonyl (C=O) groups is 2. The van der Waals surface area contributed by atoms with E-state index in [1.54, 1.807) is 24.3 Å². The number of ether oxygens (including phenoxy) is 1. The summed E-state index contributed by atoms with van der Waals surface area (Å²) < 4.78 is 5.43. The molecule has 0 saturated carbocycles. The van der Waals surface area contributed by atoms with Crippen molar-refractivity contribution in [2.75, 3.05) is 32.8 Å². The fourth-order valence-electron chi connectivity index (χ4n) is 3.44. The van der Waals surface area contributed by atoms with Crippen molar-refractivity contribution in [1.29, 1.82) is 0 Å². The van der Waals surface area contributed by atoms with Gasteiger partial charge in [-0.2, -0.15) is 0 Å². The molecule has 0 aromatic heterocycles. The Balaban J connectivity index is 1.70. The van der Waals surface area contributed by atoms with Crippen LogP contribution in [-0.2, 0) is 9.53 Å². The lowest BCUT2D eigenvalue weighted by Crippen LogP contribution is -2.56. The fourth-order valence-corrected chi connectivity index (χ4v) is 3.44. The maximum Gasteiger partial charge on any atom is 0.252 e. The van der Waals surface area contributed by atoms with Crippen LogP contribution >= 0.6 is 0 Å². The van der Waals surface area contributed by atoms with E-state index in [0.29, 0.717) is 25.3 Å². The third-order valence-electron chi connectivity index (χ3n) is 5.27. The quantitative estimate of drug-likeness (QED) is 0.755. The molecular weight excluding hydrogens is 366 g/mol. The molecule has 1 aliphatic rings. The van der Waals surface area contributed by atoms with Crippen LogP contribution in [0, 0.1) is 0 Å². The van der Waals surface area contributed by atoms with Crippen LogP contribution in [0.3, 0.4) is 0 Å². The predicted octanol–water partition coefficient (Wildman–Crippen LogP) is 2.38. The van der Waals surface area contributed by atoms with Gasteiger partial charge in [0, 0.05) is 30.7 Å². The highest BCUT2D eigenvalue weighted by Gasteiger charge is 2.30. The molecule has 1 aliphatic heterocycles. The molecule has 2 aromatic carbocycles. The first-order chi connectivity index (χ1) is 14.0. The highest BCUT2D eigenvalue weighted by Crippen LogP contribution is 2.17. The zero-order chi connectivity index (χ0) is 20.7. The van der Waals surface area contributed by atoms with Gasteiger partial charge in [0.05, 0.1) is 13.2 Å². The van der Waals surface area contributed by atoms with Crippen molar-refractivity contribution >= 4 is 11.8 Å². The predicted molar refractivity (Wildman–Crippen MR) is 113 cm³/mol. The highest BCUT2D eigenvalue weighted by atomic mass is 16.5. The summed E-state index contributed by atoms with van der Waals surface area (Å²) in [5.41, 5.74) is 1.07. The van der Waals surface area contributed by atoms with Gasteiger partial charge in [-0.3, -0.25) is 14.5 Å². The Morgan fingerprint density at radius 1 is 1.00 bits per heavy atom. The van der Waals surface area contributed by atoms with Crippen molar-refractivity contribution in [1.82, 2.24) is 15.5 Å². The Morgan fingerprint density at radius 3 is 2.21 bits per heavy atom. The molecule has 6 nitrogen and oxygen atoms in total. The molecule has 0 radical (unpaired) electrons. The van der Waals surface area contributed by atoms with Crippen LogP contribution in [0.5, 0.6) is 0 Å². The SMILES string of the molecule is CC(C)(CNC(=O)C(NC(=O)c1ccccc1)c1ccccc1)N1CCOCC1. The number of hydrogen-bond donors (Lipinski definition) is 2. The van der Waals surface area contributed by atoms with Crippen LogP contribution in [0.4, 0.5) is 0 Å². The molecule has 0 spiro atoms. The summed E-state index contributed by atoms with van der Waals surface area (Å²) in [4.78, 5) is 28.1. The lowest BCUT2D eigenvalue weighted by Gasteiger charge is -2.41. The molecule has 2 aromatic rings. The van der Waals surface area contributed by atoms with E-state index < -0.39 is 6.04 Å². The summed E-state index contributed by atoms with van der Waals surface area (Å²) in [6.07, 6.45) is 0. The van der Waals surface area contributed by atoms with Crippen LogP contribution in [0.1, 0.15) is 35.8 Å². The number of rotatable bonds is 7. The summed E-state index contributed by atoms with van der Waals surface area (Å²) in [5.74, 6) is -0.496. The molecule has 29 heavy (non-hydrogen) atoms. The van der Waals surface area contributed by atoms with Crippen molar-refractivity contribution in [2.45, 2.75) is 25.4 Å². The number of carbonyl (C=O) groups excluding carboxylic acids is 2. The Hall–Kier alpha value is -2.70. The van der Waals surface area contributed by atoms with Gasteiger partial charge in [-0.15, -0.1) is 0 Å². The van der Waals surface area contributed by atoms with Crippen molar-refractivity contribution in [2.24, 2.45) is 0 Å². The van der Waals surface area contributed by atoms with Crippen LogP contribution < -0.4 is 10.6 Å². The highest BCUT2D eigenvalue weighted by molar-refractivity contribution is 5.97. The van der Waals surface area contributed by atoms with Crippen LogP contribution in [0.25, 0.3) is 0 Å². The Bertz CT molecular complexity index is 803. The average molecular weight is 396 g/mol. The molecule has 0 bridgehead atoms. The van der Waals surface area contributed by atoms with Gasteiger partial charge in [0.1, 0.15) is 6.04 Å². The Labute approximate surface area is 172 Å². The molecule has 1 heterocycles. The maximum atomic E-state index is 13.1. The van der Waals surface area contributed by atoms with E-state index in [2.05, 4.69) is 29.4 Å². The van der Waals surface area contributed by atoms with E-state index >= 15 is 0 Å². The minimum Gasteiger partial charge on any atom is -0.379 e. The molecule has 154 valence electrons. The second-order valence-electron chi connectivity index (χ2n) is 7.81. The normalized spacial score (nSPS) is 16.1. The lowest BCUT2D eigenvalue weighted by atomic mass is 10.0. The molecule has 3 rings (SSSR count). The van der Waals surface area contributed by atoms with Crippen molar-refractivity contribution in [3.63, 3.8) is 0 Å². The maximum absolute atomic E-state index is 13.1. The number of nitrogens with one attached hydrogen (secondary N) is 2. The lowest BCUT2D eigenvalue weighted by molar-refractivity contribution is -0.124. The molecule has 2 amide bonds. The molecule has 6 heteroatoms. The van der Waals surface area contributed by atoms with E-state index in [1.807, 2.05) is 36.4 Å². The molecule has 2 N–H and O–H groups in total. The summed E-state index contributed by atoms with van der Waals surface area (Å²) >= 11 is 0. The number of nitrogens with zero attached hydrogens (tertiary/aromatic N) is 1. The Kier molecular flexibility index (Phi) is 7.01. The topological polar surface area (TPSA) is 70.7 Å². The summed E-state index contributed by atoms with van der Waals surface area (Å²) in [6.45, 7) is 7.80. The number of hydrogen-bond acceptors (Lipinski definition) is 4. The van der Waals surface area contributed by atoms with Crippen molar-refractivity contribution < 1.29 is 14.3 Å². The molecule has 1 atom stereocenters. The van der Waals surface area contributed by atoms with Gasteiger partial charge in [-0.1, -0.05) is 48.5 Å². The number of amides is 2. The van der Waals surface area contributed by atoms with Crippen molar-refractivity contribution in [3.05, 3.63) is 71.8 Å². The van der Waals surface area contributed by atoms with Crippen LogP contribution in [0.15, 0.2) is 60.7 Å². The summed E-state index contributed by atoms with van der Waals surface area (Å²) in [6, 6.07) is 17.5. The zero-order valence-corrected chi connectivity index (χ0v) is 17.1. The van der Waals surface area contributed by atoms with Crippen LogP contribution in [0.2, 0.25) is 0 Å². The number of benzene rings is 2. The van der Waals surface area contributed by atoms with Gasteiger partial charge in [0.25, 0.3) is 5.91 Å². The van der Waals surface area contributed by atoms with Gasteiger partial charge < -0.3 is 15.4 Å². The van der Waals surface area contributed by atoms with Gasteiger partial charge in [-0.05, 0) is 31.5 Å². The van der Waals surface area contributed by atoms with Gasteiger partial charge in [0.2, 0.25) is 5.91 Å². The van der Waals surface area contributed by atoms with Crippen molar-refractivity contribution in [3.8, 4) is 0 Å². The molecule has 0 aliphatic carbocycles. The first-order valence-corrected chi connectivity index (χ1v) is 9.99. The van der Waals surface area contributed by atoms with Gasteiger partial charge in [-0.25, -0.2) is 0 Å². The third-order valence-corrected chi connectivity index (χ3v) is 5.27. The second-order valence-corrected chi connectivity index (χ2v) is 7.81. The summed E-state index contributed by atoms with van der Waals surface area (Å²) in [5, 5.41) is 5.92. The van der Waals surface area contributed by atoms with Crippen LogP contribution in [-0.4, -0.2) is 55.1 Å². The molecule has 1 unspecified atom stereocenters. The van der Waals surface area contributed by atoms with E-state index in [4.69, 9.17) is 4.74 Å².